The minimum absolute atomic E-state index is 0.492. The normalized spacial score (nSPS) is 10.4. The molecule has 0 aliphatic carbocycles. The molecule has 0 heterocycles. The summed E-state index contributed by atoms with van der Waals surface area (Å²) in [5.74, 6) is 0. The van der Waals surface area contributed by atoms with E-state index in [1.54, 1.807) is 0 Å². The Bertz CT molecular complexity index is 132. The number of nitrogens with zero attached hydrogens (tertiary/aromatic N) is 1. The highest BCUT2D eigenvalue weighted by atomic mass is 16.7. The zero-order valence-electron chi connectivity index (χ0n) is 5.29. The van der Waals surface area contributed by atoms with Gasteiger partial charge in [-0.15, -0.1) is 0 Å². The van der Waals surface area contributed by atoms with Crippen molar-refractivity contribution in [3.63, 3.8) is 0 Å². The SMILES string of the molecule is CC(C)(C=O)N[N+](=O)O. The van der Waals surface area contributed by atoms with Crippen LogP contribution in [0.5, 0.6) is 0 Å². The van der Waals surface area contributed by atoms with Gasteiger partial charge in [-0.2, -0.15) is 0 Å². The summed E-state index contributed by atoms with van der Waals surface area (Å²) in [6, 6.07) is 0. The Morgan fingerprint density at radius 3 is 2.22 bits per heavy atom. The monoisotopic (exact) mass is 133 g/mol. The number of carbonyl (C=O) groups excluding carboxylic acids is 1. The van der Waals surface area contributed by atoms with Crippen molar-refractivity contribution in [1.82, 2.24) is 5.43 Å². The first kappa shape index (κ1) is 7.87. The van der Waals surface area contributed by atoms with Gasteiger partial charge in [0.05, 0.1) is 0 Å². The lowest BCUT2D eigenvalue weighted by Crippen LogP contribution is -2.45. The lowest BCUT2D eigenvalue weighted by atomic mass is 10.1. The number of hydrogen-bond acceptors (Lipinski definition) is 2. The fourth-order valence-electron chi connectivity index (χ4n) is 0.273. The van der Waals surface area contributed by atoms with E-state index in [1.165, 1.54) is 13.8 Å². The molecule has 5 heteroatoms. The zero-order chi connectivity index (χ0) is 7.49. The summed E-state index contributed by atoms with van der Waals surface area (Å²) >= 11 is 0. The number of rotatable bonds is 3. The Labute approximate surface area is 52.2 Å². The summed E-state index contributed by atoms with van der Waals surface area (Å²) in [5, 5.41) is 7.54. The van der Waals surface area contributed by atoms with Crippen LogP contribution in [0.1, 0.15) is 13.8 Å². The van der Waals surface area contributed by atoms with E-state index >= 15 is 0 Å². The van der Waals surface area contributed by atoms with Crippen LogP contribution in [-0.4, -0.2) is 22.1 Å². The summed E-state index contributed by atoms with van der Waals surface area (Å²) in [5.41, 5.74) is 0.931. The molecule has 0 atom stereocenters. The highest BCUT2D eigenvalue weighted by Crippen LogP contribution is 1.93. The quantitative estimate of drug-likeness (QED) is 0.407. The molecule has 0 aliphatic heterocycles. The van der Waals surface area contributed by atoms with E-state index in [0.717, 1.165) is 0 Å². The van der Waals surface area contributed by atoms with E-state index in [-0.39, 0.29) is 0 Å². The van der Waals surface area contributed by atoms with Gasteiger partial charge in [0.2, 0.25) is 0 Å². The predicted molar refractivity (Wildman–Crippen MR) is 28.7 cm³/mol. The second-order valence-electron chi connectivity index (χ2n) is 2.22. The van der Waals surface area contributed by atoms with Crippen molar-refractivity contribution in [2.75, 3.05) is 0 Å². The van der Waals surface area contributed by atoms with Gasteiger partial charge in [0, 0.05) is 0 Å². The van der Waals surface area contributed by atoms with Crippen molar-refractivity contribution in [1.29, 1.82) is 0 Å². The van der Waals surface area contributed by atoms with Crippen LogP contribution in [0.3, 0.4) is 0 Å². The van der Waals surface area contributed by atoms with Crippen LogP contribution in [0.4, 0.5) is 0 Å². The van der Waals surface area contributed by atoms with Crippen LogP contribution >= 0.6 is 0 Å². The molecule has 0 aromatic carbocycles. The highest BCUT2D eigenvalue weighted by molar-refractivity contribution is 5.62. The molecule has 5 nitrogen and oxygen atoms in total. The van der Waals surface area contributed by atoms with Gasteiger partial charge in [-0.05, 0) is 13.8 Å². The van der Waals surface area contributed by atoms with E-state index in [1.807, 2.05) is 5.43 Å². The fourth-order valence-corrected chi connectivity index (χ4v) is 0.273. The molecule has 0 unspecified atom stereocenters. The maximum Gasteiger partial charge on any atom is 0.355 e. The molecule has 0 saturated carbocycles. The predicted octanol–water partition coefficient (Wildman–Crippen LogP) is -0.363. The minimum atomic E-state index is -1.00. The van der Waals surface area contributed by atoms with Crippen LogP contribution in [0, 0.1) is 4.91 Å². The Morgan fingerprint density at radius 2 is 2.11 bits per heavy atom. The van der Waals surface area contributed by atoms with Crippen molar-refractivity contribution in [2.24, 2.45) is 0 Å². The van der Waals surface area contributed by atoms with E-state index in [4.69, 9.17) is 5.21 Å². The number of hydrogen-bond donors (Lipinski definition) is 2. The molecule has 0 aliphatic rings. The molecule has 52 valence electrons. The second kappa shape index (κ2) is 2.43. The molecular weight excluding hydrogens is 124 g/mol. The number of carbonyl (C=O) groups is 1. The first-order chi connectivity index (χ1) is 3.98. The standard InChI is InChI=1S/C4H9N2O3/c1-4(2,3-7)5-6(8)9/h3,5H,1-2H3,(H,8,9)/q+1. The van der Waals surface area contributed by atoms with Gasteiger partial charge in [-0.3, -0.25) is 0 Å². The van der Waals surface area contributed by atoms with Crippen molar-refractivity contribution in [2.45, 2.75) is 19.4 Å². The lowest BCUT2D eigenvalue weighted by molar-refractivity contribution is -0.837. The van der Waals surface area contributed by atoms with E-state index in [9.17, 15) is 9.70 Å². The Hall–Kier alpha value is -1.13. The van der Waals surface area contributed by atoms with Crippen molar-refractivity contribution < 1.29 is 15.0 Å². The van der Waals surface area contributed by atoms with Crippen LogP contribution in [0.15, 0.2) is 0 Å². The molecule has 0 amide bonds. The van der Waals surface area contributed by atoms with Gasteiger partial charge in [0.1, 0.15) is 4.91 Å². The summed E-state index contributed by atoms with van der Waals surface area (Å²) in [7, 11) is 0. The average molecular weight is 133 g/mol. The third-order valence-electron chi connectivity index (χ3n) is 0.678. The highest BCUT2D eigenvalue weighted by Gasteiger charge is 2.23. The smallest absolute Gasteiger partial charge is 0.301 e. The first-order valence-electron chi connectivity index (χ1n) is 2.38. The van der Waals surface area contributed by atoms with E-state index in [2.05, 4.69) is 0 Å². The van der Waals surface area contributed by atoms with Crippen LogP contribution in [0.2, 0.25) is 0 Å². The maximum atomic E-state index is 10.0. The Balaban J connectivity index is 3.86. The van der Waals surface area contributed by atoms with Gasteiger partial charge in [0.15, 0.2) is 11.8 Å². The van der Waals surface area contributed by atoms with E-state index < -0.39 is 10.6 Å². The van der Waals surface area contributed by atoms with Gasteiger partial charge < -0.3 is 4.79 Å². The molecule has 0 saturated heterocycles. The second-order valence-corrected chi connectivity index (χ2v) is 2.22. The van der Waals surface area contributed by atoms with Crippen LogP contribution < -0.4 is 5.43 Å². The molecule has 0 fully saturated rings. The van der Waals surface area contributed by atoms with Gasteiger partial charge in [-0.25, -0.2) is 5.21 Å². The zero-order valence-corrected chi connectivity index (χ0v) is 5.29. The van der Waals surface area contributed by atoms with Crippen LogP contribution in [-0.2, 0) is 4.79 Å². The minimum Gasteiger partial charge on any atom is -0.301 e. The molecule has 0 bridgehead atoms. The summed E-state index contributed by atoms with van der Waals surface area (Å²) in [4.78, 5) is 19.8. The molecule has 0 aromatic rings. The van der Waals surface area contributed by atoms with Crippen molar-refractivity contribution >= 4 is 6.29 Å². The third kappa shape index (κ3) is 3.45. The lowest BCUT2D eigenvalue weighted by Gasteiger charge is -2.07. The Morgan fingerprint density at radius 1 is 1.67 bits per heavy atom. The molecule has 0 spiro atoms. The van der Waals surface area contributed by atoms with Gasteiger partial charge >= 0.3 is 5.03 Å². The number of aldehydes is 1. The molecule has 0 aromatic heterocycles. The van der Waals surface area contributed by atoms with E-state index in [0.29, 0.717) is 6.29 Å². The first-order valence-corrected chi connectivity index (χ1v) is 2.38. The summed E-state index contributed by atoms with van der Waals surface area (Å²) < 4.78 is 0. The number of hydrazine groups is 1. The molecule has 0 rings (SSSR count). The summed E-state index contributed by atoms with van der Waals surface area (Å²) in [6.07, 6.45) is 0.522. The van der Waals surface area contributed by atoms with Gasteiger partial charge in [0.25, 0.3) is 0 Å². The number of nitrogens with one attached hydrogen (secondary N) is 1. The van der Waals surface area contributed by atoms with Gasteiger partial charge in [-0.1, -0.05) is 5.43 Å². The van der Waals surface area contributed by atoms with Crippen molar-refractivity contribution in [3.05, 3.63) is 4.91 Å². The topological polar surface area (TPSA) is 69.4 Å². The molecular formula is C4H9N2O3+. The third-order valence-corrected chi connectivity index (χ3v) is 0.678. The maximum absolute atomic E-state index is 10.0. The summed E-state index contributed by atoms with van der Waals surface area (Å²) in [6.45, 7) is 2.92. The fraction of sp³-hybridized carbons (Fsp3) is 0.750. The molecule has 9 heavy (non-hydrogen) atoms. The largest absolute Gasteiger partial charge is 0.355 e. The van der Waals surface area contributed by atoms with Crippen LogP contribution in [0.25, 0.3) is 0 Å². The Kier molecular flexibility index (Phi) is 2.12. The molecule has 2 N–H and O–H groups in total. The average Bonchev–Trinajstić information content (AvgIpc) is 1.63. The van der Waals surface area contributed by atoms with Crippen molar-refractivity contribution in [3.8, 4) is 0 Å². The molecule has 0 radical (unpaired) electrons.